The van der Waals surface area contributed by atoms with Gasteiger partial charge in [-0.15, -0.1) is 0 Å². The summed E-state index contributed by atoms with van der Waals surface area (Å²) in [4.78, 5) is 0. The minimum absolute atomic E-state index is 0.0201. The van der Waals surface area contributed by atoms with E-state index < -0.39 is 0 Å². The van der Waals surface area contributed by atoms with E-state index in [9.17, 15) is 0 Å². The largest absolute Gasteiger partial charge is 0.394 e. The van der Waals surface area contributed by atoms with E-state index in [4.69, 9.17) is 95.5 Å². The third kappa shape index (κ3) is 55.2. The van der Waals surface area contributed by atoms with Crippen molar-refractivity contribution in [2.24, 2.45) is 0 Å². The molecule has 58 heavy (non-hydrogen) atoms. The molecule has 0 bridgehead atoms. The van der Waals surface area contributed by atoms with Crippen LogP contribution in [0.4, 0.5) is 0 Å². The first-order chi connectivity index (χ1) is 28.9. The molecule has 0 aromatic rings. The van der Waals surface area contributed by atoms with Crippen molar-refractivity contribution in [1.82, 2.24) is 0 Å². The van der Waals surface area contributed by atoms with E-state index >= 15 is 0 Å². The average molecular weight is 855 g/mol. The van der Waals surface area contributed by atoms with E-state index in [0.717, 1.165) is 0 Å². The maximum atomic E-state index is 8.59. The van der Waals surface area contributed by atoms with Crippen LogP contribution < -0.4 is 0 Å². The van der Waals surface area contributed by atoms with E-state index in [-0.39, 0.29) is 13.2 Å². The SMILES string of the molecule is OCCOCCOCCOCCOCCOCCOCCOCCOCCOCCOCCOCCOCCOCCOCCOCCOCCOCCOCCO. The van der Waals surface area contributed by atoms with E-state index in [1.807, 2.05) is 0 Å². The molecule has 20 heteroatoms. The molecular formula is C38H78O20. The number of ether oxygens (including phenoxy) is 18. The Bertz CT molecular complexity index is 648. The van der Waals surface area contributed by atoms with Crippen molar-refractivity contribution in [3.8, 4) is 0 Å². The van der Waals surface area contributed by atoms with Gasteiger partial charge in [0.2, 0.25) is 0 Å². The number of hydrogen-bond acceptors (Lipinski definition) is 20. The van der Waals surface area contributed by atoms with Crippen molar-refractivity contribution in [1.29, 1.82) is 0 Å². The van der Waals surface area contributed by atoms with Crippen LogP contribution in [-0.4, -0.2) is 261 Å². The Morgan fingerprint density at radius 2 is 0.190 bits per heavy atom. The molecular weight excluding hydrogens is 776 g/mol. The van der Waals surface area contributed by atoms with E-state index in [0.29, 0.717) is 238 Å². The van der Waals surface area contributed by atoms with Gasteiger partial charge in [-0.2, -0.15) is 0 Å². The zero-order valence-electron chi connectivity index (χ0n) is 35.1. The standard InChI is InChI=1S/C38H78O20/c39-1-3-41-5-7-43-9-11-45-13-15-47-17-19-49-21-23-51-25-27-53-29-31-55-33-35-57-37-38-58-36-34-56-32-30-54-28-26-52-24-22-50-20-18-48-16-14-46-12-10-44-8-6-42-4-2-40/h39-40H,1-38H2. The Kier molecular flexibility index (Phi) is 55.4. The Labute approximate surface area is 346 Å². The fraction of sp³-hybridized carbons (Fsp3) is 1.00. The molecule has 350 valence electrons. The summed E-state index contributed by atoms with van der Waals surface area (Å²) in [6.45, 7) is 17.4. The highest BCUT2D eigenvalue weighted by Gasteiger charge is 1.98. The molecule has 0 spiro atoms. The summed E-state index contributed by atoms with van der Waals surface area (Å²) in [5.74, 6) is 0. The molecule has 0 amide bonds. The van der Waals surface area contributed by atoms with Crippen LogP contribution in [0.25, 0.3) is 0 Å². The number of aliphatic hydroxyl groups excluding tert-OH is 2. The van der Waals surface area contributed by atoms with Crippen LogP contribution in [0.15, 0.2) is 0 Å². The lowest BCUT2D eigenvalue weighted by Gasteiger charge is -2.09. The fourth-order valence-corrected chi connectivity index (χ4v) is 3.97. The van der Waals surface area contributed by atoms with Gasteiger partial charge in [0, 0.05) is 0 Å². The fourth-order valence-electron chi connectivity index (χ4n) is 3.97. The topological polar surface area (TPSA) is 207 Å². The molecule has 0 aromatic carbocycles. The normalized spacial score (nSPS) is 11.7. The monoisotopic (exact) mass is 855 g/mol. The Morgan fingerprint density at radius 3 is 0.259 bits per heavy atom. The van der Waals surface area contributed by atoms with Crippen molar-refractivity contribution < 1.29 is 95.5 Å². The van der Waals surface area contributed by atoms with Crippen LogP contribution in [-0.2, 0) is 85.3 Å². The van der Waals surface area contributed by atoms with Gasteiger partial charge < -0.3 is 95.5 Å². The van der Waals surface area contributed by atoms with Crippen molar-refractivity contribution >= 4 is 0 Å². The minimum atomic E-state index is 0.0201. The van der Waals surface area contributed by atoms with Crippen LogP contribution in [0.5, 0.6) is 0 Å². The summed E-state index contributed by atoms with van der Waals surface area (Å²) in [7, 11) is 0. The molecule has 0 aliphatic carbocycles. The van der Waals surface area contributed by atoms with Gasteiger partial charge in [0.25, 0.3) is 0 Å². The van der Waals surface area contributed by atoms with Gasteiger partial charge in [0.05, 0.1) is 251 Å². The van der Waals surface area contributed by atoms with Gasteiger partial charge >= 0.3 is 0 Å². The minimum Gasteiger partial charge on any atom is -0.394 e. The summed E-state index contributed by atoms with van der Waals surface area (Å²) in [6, 6.07) is 0. The zero-order chi connectivity index (χ0) is 41.6. The summed E-state index contributed by atoms with van der Waals surface area (Å²) in [5, 5.41) is 17.2. The second-order valence-corrected chi connectivity index (χ2v) is 11.5. The lowest BCUT2D eigenvalue weighted by Crippen LogP contribution is -2.16. The van der Waals surface area contributed by atoms with Crippen molar-refractivity contribution in [2.75, 3.05) is 251 Å². The molecule has 0 aliphatic rings. The van der Waals surface area contributed by atoms with Gasteiger partial charge in [0.15, 0.2) is 0 Å². The smallest absolute Gasteiger partial charge is 0.0701 e. The van der Waals surface area contributed by atoms with Crippen LogP contribution >= 0.6 is 0 Å². The predicted molar refractivity (Wildman–Crippen MR) is 209 cm³/mol. The third-order valence-electron chi connectivity index (χ3n) is 6.80. The molecule has 2 N–H and O–H groups in total. The molecule has 0 fully saturated rings. The first-order valence-corrected chi connectivity index (χ1v) is 20.5. The van der Waals surface area contributed by atoms with Gasteiger partial charge in [0.1, 0.15) is 0 Å². The first kappa shape index (κ1) is 57.2. The quantitative estimate of drug-likeness (QED) is 0.0724. The number of hydrogen-bond donors (Lipinski definition) is 2. The lowest BCUT2D eigenvalue weighted by atomic mass is 10.6. The highest BCUT2D eigenvalue weighted by Crippen LogP contribution is 1.89. The molecule has 0 aliphatic heterocycles. The van der Waals surface area contributed by atoms with Gasteiger partial charge in [-0.1, -0.05) is 0 Å². The van der Waals surface area contributed by atoms with Crippen LogP contribution in [0.1, 0.15) is 0 Å². The second kappa shape index (κ2) is 56.2. The van der Waals surface area contributed by atoms with E-state index in [1.54, 1.807) is 0 Å². The Balaban J connectivity index is 3.05. The van der Waals surface area contributed by atoms with E-state index in [1.165, 1.54) is 0 Å². The summed E-state index contributed by atoms with van der Waals surface area (Å²) in [5.41, 5.74) is 0. The molecule has 0 saturated carbocycles. The molecule has 0 radical (unpaired) electrons. The summed E-state index contributed by atoms with van der Waals surface area (Å²) < 4.78 is 97.4. The predicted octanol–water partition coefficient (Wildman–Crippen LogP) is -0.730. The maximum absolute atomic E-state index is 8.59. The average Bonchev–Trinajstić information content (AvgIpc) is 3.23. The number of rotatable bonds is 55. The Hall–Kier alpha value is -0.800. The summed E-state index contributed by atoms with van der Waals surface area (Å²) >= 11 is 0. The maximum Gasteiger partial charge on any atom is 0.0701 e. The molecule has 0 aromatic heterocycles. The van der Waals surface area contributed by atoms with Crippen molar-refractivity contribution in [3.05, 3.63) is 0 Å². The number of aliphatic hydroxyl groups is 2. The highest BCUT2D eigenvalue weighted by molar-refractivity contribution is 4.41. The summed E-state index contributed by atoms with van der Waals surface area (Å²) in [6.07, 6.45) is 0. The van der Waals surface area contributed by atoms with Crippen LogP contribution in [0, 0.1) is 0 Å². The van der Waals surface area contributed by atoms with Gasteiger partial charge in [-0.05, 0) is 0 Å². The van der Waals surface area contributed by atoms with Crippen LogP contribution in [0.2, 0.25) is 0 Å². The van der Waals surface area contributed by atoms with Gasteiger partial charge in [-0.25, -0.2) is 0 Å². The van der Waals surface area contributed by atoms with Crippen molar-refractivity contribution in [3.63, 3.8) is 0 Å². The zero-order valence-corrected chi connectivity index (χ0v) is 35.1. The lowest BCUT2D eigenvalue weighted by molar-refractivity contribution is -0.0311. The molecule has 0 saturated heterocycles. The van der Waals surface area contributed by atoms with Gasteiger partial charge in [-0.3, -0.25) is 0 Å². The Morgan fingerprint density at radius 1 is 0.121 bits per heavy atom. The van der Waals surface area contributed by atoms with Crippen molar-refractivity contribution in [2.45, 2.75) is 0 Å². The molecule has 0 rings (SSSR count). The van der Waals surface area contributed by atoms with E-state index in [2.05, 4.69) is 0 Å². The highest BCUT2D eigenvalue weighted by atomic mass is 16.6. The third-order valence-corrected chi connectivity index (χ3v) is 6.80. The molecule has 0 atom stereocenters. The first-order valence-electron chi connectivity index (χ1n) is 20.5. The molecule has 0 heterocycles. The van der Waals surface area contributed by atoms with Crippen LogP contribution in [0.3, 0.4) is 0 Å². The second-order valence-electron chi connectivity index (χ2n) is 11.5. The molecule has 0 unspecified atom stereocenters. The molecule has 20 nitrogen and oxygen atoms in total.